The molecule has 6 aliphatic heterocycles. The number of hydrogen-bond donors (Lipinski definition) is 1. The Morgan fingerprint density at radius 3 is 2.12 bits per heavy atom. The fourth-order valence-electron chi connectivity index (χ4n) is 10.5. The summed E-state index contributed by atoms with van der Waals surface area (Å²) in [6.07, 6.45) is 5.31. The molecule has 1 N–H and O–H groups in total. The van der Waals surface area contributed by atoms with E-state index in [1.165, 1.54) is 0 Å². The molecule has 0 saturated carbocycles. The normalized spacial score (nSPS) is 24.0. The Bertz CT molecular complexity index is 2230. The zero-order valence-corrected chi connectivity index (χ0v) is 33.8. The minimum Gasteiger partial charge on any atom is -0.371 e. The smallest absolute Gasteiger partial charge is 0.262 e. The van der Waals surface area contributed by atoms with Crippen molar-refractivity contribution in [3.05, 3.63) is 93.0 Å². The fraction of sp³-hybridized carbons (Fsp3) is 0.467. The number of piperidine rings is 3. The molecule has 300 valence electrons. The van der Waals surface area contributed by atoms with E-state index in [0.717, 1.165) is 85.7 Å². The zero-order chi connectivity index (χ0) is 40.5. The average Bonchev–Trinajstić information content (AvgIpc) is 3.83. The van der Waals surface area contributed by atoms with E-state index in [4.69, 9.17) is 11.6 Å². The van der Waals surface area contributed by atoms with Crippen molar-refractivity contribution in [2.75, 3.05) is 49.1 Å². The van der Waals surface area contributed by atoms with Gasteiger partial charge in [0.1, 0.15) is 12.1 Å². The average molecular weight is 802 g/mol. The van der Waals surface area contributed by atoms with Crippen LogP contribution in [0.1, 0.15) is 107 Å². The molecule has 0 aliphatic carbocycles. The van der Waals surface area contributed by atoms with Crippen molar-refractivity contribution in [1.82, 2.24) is 20.0 Å². The van der Waals surface area contributed by atoms with Crippen LogP contribution in [0.3, 0.4) is 0 Å². The SMILES string of the molecule is CC1CC2(CCN(c3ccc(C(=O)N4CCC(C)(CN5Cc6cc7c(cc6C5)C(=O)N(C5CCC(=O)NC5=O)C7=O)CC4)cc3)CC2)CN1c1ccc(C#N)c(Cl)c1. The lowest BCUT2D eigenvalue weighted by Crippen LogP contribution is -2.54. The van der Waals surface area contributed by atoms with E-state index in [1.807, 2.05) is 47.4 Å². The number of anilines is 2. The predicted molar refractivity (Wildman–Crippen MR) is 218 cm³/mol. The lowest BCUT2D eigenvalue weighted by molar-refractivity contribution is -0.136. The van der Waals surface area contributed by atoms with E-state index >= 15 is 0 Å². The second-order valence-electron chi connectivity index (χ2n) is 17.9. The summed E-state index contributed by atoms with van der Waals surface area (Å²) < 4.78 is 0. The number of nitrogens with zero attached hydrogens (tertiary/aromatic N) is 6. The molecule has 2 atom stereocenters. The van der Waals surface area contributed by atoms with Crippen molar-refractivity contribution >= 4 is 52.5 Å². The van der Waals surface area contributed by atoms with E-state index in [1.54, 1.807) is 0 Å². The summed E-state index contributed by atoms with van der Waals surface area (Å²) in [6, 6.07) is 19.1. The Morgan fingerprint density at radius 2 is 1.52 bits per heavy atom. The molecule has 4 saturated heterocycles. The molecule has 58 heavy (non-hydrogen) atoms. The highest BCUT2D eigenvalue weighted by molar-refractivity contribution is 6.32. The predicted octanol–water partition coefficient (Wildman–Crippen LogP) is 5.76. The number of benzene rings is 3. The standard InChI is InChI=1S/C45H48ClN7O5/c1-28-22-45(27-52(28)34-8-5-30(23-47)37(46)21-34)13-17-50(18-14-45)33-6-3-29(4-7-33)41(56)51-15-11-44(2,12-16-51)26-49-24-31-19-35-36(20-32(31)25-49)43(58)53(42(35)57)38-9-10-39(54)48-40(38)55/h3-8,19-21,28,38H,9-18,22,24-27H2,1-2H3,(H,48,54,55). The Morgan fingerprint density at radius 1 is 0.879 bits per heavy atom. The molecule has 1 spiro atoms. The Labute approximate surface area is 343 Å². The number of nitriles is 1. The number of likely N-dealkylation sites (tertiary alicyclic amines) is 1. The van der Waals surface area contributed by atoms with E-state index < -0.39 is 29.7 Å². The number of imide groups is 2. The summed E-state index contributed by atoms with van der Waals surface area (Å²) in [7, 11) is 0. The van der Waals surface area contributed by atoms with Crippen LogP contribution in [0, 0.1) is 22.2 Å². The summed E-state index contributed by atoms with van der Waals surface area (Å²) in [5, 5.41) is 12.0. The summed E-state index contributed by atoms with van der Waals surface area (Å²) in [6.45, 7) is 11.0. The summed E-state index contributed by atoms with van der Waals surface area (Å²) >= 11 is 6.38. The summed E-state index contributed by atoms with van der Waals surface area (Å²) in [5.74, 6) is -1.89. The number of nitrogens with one attached hydrogen (secondary N) is 1. The molecular formula is C45H48ClN7O5. The van der Waals surface area contributed by atoms with E-state index in [-0.39, 0.29) is 29.6 Å². The molecular weight excluding hydrogens is 754 g/mol. The van der Waals surface area contributed by atoms with E-state index in [9.17, 15) is 29.2 Å². The molecule has 2 unspecified atom stereocenters. The molecule has 6 aliphatic rings. The third-order valence-electron chi connectivity index (χ3n) is 13.9. The van der Waals surface area contributed by atoms with Gasteiger partial charge in [-0.1, -0.05) is 18.5 Å². The largest absolute Gasteiger partial charge is 0.371 e. The van der Waals surface area contributed by atoms with Crippen LogP contribution >= 0.6 is 11.6 Å². The first kappa shape index (κ1) is 38.3. The number of rotatable bonds is 6. The van der Waals surface area contributed by atoms with Crippen LogP contribution in [0.25, 0.3) is 0 Å². The Hall–Kier alpha value is -5.25. The molecule has 3 aromatic rings. The Kier molecular flexibility index (Phi) is 9.59. The highest BCUT2D eigenvalue weighted by Crippen LogP contribution is 2.46. The molecule has 0 aromatic heterocycles. The number of hydrogen-bond acceptors (Lipinski definition) is 9. The van der Waals surface area contributed by atoms with Gasteiger partial charge in [-0.15, -0.1) is 0 Å². The minimum atomic E-state index is -0.972. The van der Waals surface area contributed by atoms with Crippen LogP contribution in [-0.2, 0) is 22.7 Å². The first-order valence-electron chi connectivity index (χ1n) is 20.5. The zero-order valence-electron chi connectivity index (χ0n) is 33.1. The van der Waals surface area contributed by atoms with Crippen molar-refractivity contribution in [3.8, 4) is 6.07 Å². The lowest BCUT2D eigenvalue weighted by Gasteiger charge is -2.41. The van der Waals surface area contributed by atoms with Crippen LogP contribution in [-0.4, -0.2) is 95.6 Å². The van der Waals surface area contributed by atoms with E-state index in [2.05, 4.69) is 52.1 Å². The third-order valence-corrected chi connectivity index (χ3v) is 14.2. The van der Waals surface area contributed by atoms with Crippen molar-refractivity contribution in [1.29, 1.82) is 5.26 Å². The number of fused-ring (bicyclic) bond motifs is 2. The van der Waals surface area contributed by atoms with Gasteiger partial charge in [-0.2, -0.15) is 5.26 Å². The maximum atomic E-state index is 13.7. The minimum absolute atomic E-state index is 0.00839. The molecule has 13 heteroatoms. The number of carbonyl (C=O) groups excluding carboxylic acids is 5. The second kappa shape index (κ2) is 14.5. The fourth-order valence-corrected chi connectivity index (χ4v) is 10.8. The van der Waals surface area contributed by atoms with Gasteiger partial charge in [0.15, 0.2) is 0 Å². The van der Waals surface area contributed by atoms with Gasteiger partial charge < -0.3 is 14.7 Å². The van der Waals surface area contributed by atoms with Crippen LogP contribution in [0.4, 0.5) is 11.4 Å². The van der Waals surface area contributed by atoms with Gasteiger partial charge in [0.2, 0.25) is 11.8 Å². The number of amides is 5. The summed E-state index contributed by atoms with van der Waals surface area (Å²) in [5.41, 5.74) is 6.38. The molecule has 5 amide bonds. The number of halogens is 1. The van der Waals surface area contributed by atoms with Crippen LogP contribution in [0.2, 0.25) is 5.02 Å². The molecule has 12 nitrogen and oxygen atoms in total. The second-order valence-corrected chi connectivity index (χ2v) is 18.3. The highest BCUT2D eigenvalue weighted by Gasteiger charge is 2.47. The van der Waals surface area contributed by atoms with E-state index in [0.29, 0.717) is 59.5 Å². The Balaban J connectivity index is 0.759. The maximum Gasteiger partial charge on any atom is 0.262 e. The van der Waals surface area contributed by atoms with Crippen LogP contribution in [0.15, 0.2) is 54.6 Å². The monoisotopic (exact) mass is 801 g/mol. The highest BCUT2D eigenvalue weighted by atomic mass is 35.5. The summed E-state index contributed by atoms with van der Waals surface area (Å²) in [4.78, 5) is 74.8. The van der Waals surface area contributed by atoms with Gasteiger partial charge in [0.05, 0.1) is 21.7 Å². The van der Waals surface area contributed by atoms with Gasteiger partial charge in [0, 0.05) is 81.8 Å². The third kappa shape index (κ3) is 6.82. The first-order chi connectivity index (χ1) is 27.8. The van der Waals surface area contributed by atoms with Gasteiger partial charge in [0.25, 0.3) is 17.7 Å². The van der Waals surface area contributed by atoms with Crippen LogP contribution in [0.5, 0.6) is 0 Å². The lowest BCUT2D eigenvalue weighted by atomic mass is 9.76. The van der Waals surface area contributed by atoms with Gasteiger partial charge in [-0.3, -0.25) is 39.1 Å². The molecule has 3 aromatic carbocycles. The van der Waals surface area contributed by atoms with Crippen molar-refractivity contribution in [2.45, 2.75) is 84.0 Å². The topological polar surface area (TPSA) is 137 Å². The first-order valence-corrected chi connectivity index (χ1v) is 20.9. The maximum absolute atomic E-state index is 13.7. The number of carbonyl (C=O) groups is 5. The molecule has 0 radical (unpaired) electrons. The van der Waals surface area contributed by atoms with Crippen molar-refractivity contribution in [2.24, 2.45) is 10.8 Å². The van der Waals surface area contributed by atoms with Gasteiger partial charge in [-0.05, 0) is 122 Å². The van der Waals surface area contributed by atoms with Gasteiger partial charge >= 0.3 is 0 Å². The quantitative estimate of drug-likeness (QED) is 0.309. The van der Waals surface area contributed by atoms with Gasteiger partial charge in [-0.25, -0.2) is 0 Å². The molecule has 9 rings (SSSR count). The van der Waals surface area contributed by atoms with Crippen molar-refractivity contribution < 1.29 is 24.0 Å². The van der Waals surface area contributed by atoms with Crippen molar-refractivity contribution in [3.63, 3.8) is 0 Å². The van der Waals surface area contributed by atoms with Crippen LogP contribution < -0.4 is 15.1 Å². The molecule has 4 fully saturated rings. The molecule has 0 bridgehead atoms. The molecule has 6 heterocycles.